The van der Waals surface area contributed by atoms with Crippen molar-refractivity contribution in [2.45, 2.75) is 6.54 Å². The van der Waals surface area contributed by atoms with Gasteiger partial charge in [0, 0.05) is 43.5 Å². The van der Waals surface area contributed by atoms with Gasteiger partial charge in [-0.15, -0.1) is 35.6 Å². The lowest BCUT2D eigenvalue weighted by Crippen LogP contribution is -2.27. The van der Waals surface area contributed by atoms with Gasteiger partial charge in [0.05, 0.1) is 4.92 Å². The zero-order chi connectivity index (χ0) is 12.7. The van der Waals surface area contributed by atoms with E-state index in [2.05, 4.69) is 4.90 Å². The van der Waals surface area contributed by atoms with Gasteiger partial charge in [0.25, 0.3) is 5.69 Å². The molecule has 0 bridgehead atoms. The highest BCUT2D eigenvalue weighted by Gasteiger charge is 2.07. The van der Waals surface area contributed by atoms with Gasteiger partial charge in [-0.2, -0.15) is 0 Å². The molecule has 0 heterocycles. The van der Waals surface area contributed by atoms with Crippen LogP contribution in [0.5, 0.6) is 0 Å². The summed E-state index contributed by atoms with van der Waals surface area (Å²) in [6.07, 6.45) is 0. The van der Waals surface area contributed by atoms with E-state index in [4.69, 9.17) is 23.2 Å². The predicted octanol–water partition coefficient (Wildman–Crippen LogP) is 3.30. The summed E-state index contributed by atoms with van der Waals surface area (Å²) in [5.74, 6) is 1.09. The second-order valence-corrected chi connectivity index (χ2v) is 4.33. The average molecular weight is 314 g/mol. The van der Waals surface area contributed by atoms with E-state index in [-0.39, 0.29) is 18.1 Å². The quantitative estimate of drug-likeness (QED) is 0.441. The molecule has 102 valence electrons. The standard InChI is InChI=1S/C11H14Cl2N2O2.ClH/c12-5-7-14(8-6-13)9-10-1-3-11(4-2-10)15(16)17;/h1-4H,5-9H2;1H. The SMILES string of the molecule is Cl.O=[N+]([O-])c1ccc(CN(CCCl)CCCl)cc1. The first kappa shape index (κ1) is 17.4. The monoisotopic (exact) mass is 312 g/mol. The molecule has 0 N–H and O–H groups in total. The summed E-state index contributed by atoms with van der Waals surface area (Å²) in [4.78, 5) is 12.2. The summed E-state index contributed by atoms with van der Waals surface area (Å²) in [5.41, 5.74) is 1.13. The second kappa shape index (κ2) is 9.39. The van der Waals surface area contributed by atoms with Crippen LogP contribution in [-0.2, 0) is 6.54 Å². The molecular formula is C11H15Cl3N2O2. The van der Waals surface area contributed by atoms with Crippen molar-refractivity contribution in [3.05, 3.63) is 39.9 Å². The topological polar surface area (TPSA) is 46.4 Å². The molecule has 0 amide bonds. The number of rotatable bonds is 7. The molecule has 7 heteroatoms. The Morgan fingerprint density at radius 1 is 1.11 bits per heavy atom. The molecule has 0 spiro atoms. The maximum atomic E-state index is 10.5. The van der Waals surface area contributed by atoms with Crippen LogP contribution in [0, 0.1) is 10.1 Å². The average Bonchev–Trinajstić information content (AvgIpc) is 2.30. The van der Waals surface area contributed by atoms with Crippen LogP contribution in [0.15, 0.2) is 24.3 Å². The van der Waals surface area contributed by atoms with Gasteiger partial charge in [-0.25, -0.2) is 0 Å². The largest absolute Gasteiger partial charge is 0.297 e. The lowest BCUT2D eigenvalue weighted by atomic mass is 10.2. The van der Waals surface area contributed by atoms with Gasteiger partial charge < -0.3 is 0 Å². The molecule has 0 radical (unpaired) electrons. The molecule has 0 fully saturated rings. The van der Waals surface area contributed by atoms with E-state index >= 15 is 0 Å². The Bertz CT molecular complexity index is 354. The van der Waals surface area contributed by atoms with Gasteiger partial charge in [0.15, 0.2) is 0 Å². The van der Waals surface area contributed by atoms with Crippen molar-refractivity contribution in [2.24, 2.45) is 0 Å². The van der Waals surface area contributed by atoms with E-state index in [1.54, 1.807) is 12.1 Å². The van der Waals surface area contributed by atoms with Gasteiger partial charge in [-0.1, -0.05) is 12.1 Å². The fourth-order valence-corrected chi connectivity index (χ4v) is 1.97. The fraction of sp³-hybridized carbons (Fsp3) is 0.455. The Kier molecular flexibility index (Phi) is 9.10. The maximum Gasteiger partial charge on any atom is 0.269 e. The lowest BCUT2D eigenvalue weighted by Gasteiger charge is -2.19. The summed E-state index contributed by atoms with van der Waals surface area (Å²) < 4.78 is 0. The lowest BCUT2D eigenvalue weighted by molar-refractivity contribution is -0.384. The van der Waals surface area contributed by atoms with Crippen molar-refractivity contribution in [2.75, 3.05) is 24.8 Å². The highest BCUT2D eigenvalue weighted by molar-refractivity contribution is 6.18. The van der Waals surface area contributed by atoms with Crippen LogP contribution in [-0.4, -0.2) is 34.7 Å². The van der Waals surface area contributed by atoms with E-state index in [0.717, 1.165) is 18.7 Å². The Morgan fingerprint density at radius 3 is 2.00 bits per heavy atom. The zero-order valence-corrected chi connectivity index (χ0v) is 12.0. The molecule has 0 saturated heterocycles. The van der Waals surface area contributed by atoms with Gasteiger partial charge in [0.1, 0.15) is 0 Å². The number of nitro groups is 1. The Labute approximate surface area is 122 Å². The third kappa shape index (κ3) is 5.87. The molecule has 0 aromatic heterocycles. The van der Waals surface area contributed by atoms with Crippen LogP contribution < -0.4 is 0 Å². The third-order valence-electron chi connectivity index (χ3n) is 2.35. The molecule has 18 heavy (non-hydrogen) atoms. The van der Waals surface area contributed by atoms with Crippen LogP contribution in [0.1, 0.15) is 5.56 Å². The number of nitrogens with zero attached hydrogens (tertiary/aromatic N) is 2. The molecule has 1 aromatic rings. The van der Waals surface area contributed by atoms with Crippen molar-refractivity contribution in [1.82, 2.24) is 4.90 Å². The van der Waals surface area contributed by atoms with E-state index in [1.165, 1.54) is 12.1 Å². The Hall–Kier alpha value is -0.550. The molecule has 0 aliphatic rings. The van der Waals surface area contributed by atoms with Gasteiger partial charge >= 0.3 is 0 Å². The normalized spacial score (nSPS) is 10.2. The molecule has 0 atom stereocenters. The van der Waals surface area contributed by atoms with E-state index in [9.17, 15) is 10.1 Å². The molecule has 0 aliphatic heterocycles. The number of hydrogen-bond acceptors (Lipinski definition) is 3. The zero-order valence-electron chi connectivity index (χ0n) is 9.72. The molecule has 1 aromatic carbocycles. The van der Waals surface area contributed by atoms with Crippen LogP contribution in [0.2, 0.25) is 0 Å². The van der Waals surface area contributed by atoms with Crippen molar-refractivity contribution in [1.29, 1.82) is 0 Å². The minimum absolute atomic E-state index is 0. The second-order valence-electron chi connectivity index (χ2n) is 3.58. The molecule has 1 rings (SSSR count). The number of non-ortho nitro benzene ring substituents is 1. The van der Waals surface area contributed by atoms with E-state index < -0.39 is 4.92 Å². The Morgan fingerprint density at radius 2 is 1.61 bits per heavy atom. The number of benzene rings is 1. The summed E-state index contributed by atoms with van der Waals surface area (Å²) in [6.45, 7) is 2.22. The number of hydrogen-bond donors (Lipinski definition) is 0. The van der Waals surface area contributed by atoms with Crippen molar-refractivity contribution in [3.63, 3.8) is 0 Å². The molecule has 4 nitrogen and oxygen atoms in total. The van der Waals surface area contributed by atoms with Crippen LogP contribution in [0.3, 0.4) is 0 Å². The smallest absolute Gasteiger partial charge is 0.269 e. The number of halogens is 3. The van der Waals surface area contributed by atoms with Crippen molar-refractivity contribution in [3.8, 4) is 0 Å². The minimum Gasteiger partial charge on any atom is -0.297 e. The highest BCUT2D eigenvalue weighted by atomic mass is 35.5. The minimum atomic E-state index is -0.404. The van der Waals surface area contributed by atoms with Crippen molar-refractivity contribution < 1.29 is 4.92 Å². The first-order chi connectivity index (χ1) is 8.17. The molecular weight excluding hydrogens is 298 g/mol. The van der Waals surface area contributed by atoms with Gasteiger partial charge in [-0.3, -0.25) is 15.0 Å². The molecule has 0 saturated carbocycles. The summed E-state index contributed by atoms with van der Waals surface area (Å²) in [6, 6.07) is 6.53. The van der Waals surface area contributed by atoms with Crippen LogP contribution >= 0.6 is 35.6 Å². The van der Waals surface area contributed by atoms with Crippen LogP contribution in [0.4, 0.5) is 5.69 Å². The summed E-state index contributed by atoms with van der Waals surface area (Å²) >= 11 is 11.4. The van der Waals surface area contributed by atoms with Gasteiger partial charge in [-0.05, 0) is 5.56 Å². The van der Waals surface area contributed by atoms with E-state index in [0.29, 0.717) is 18.3 Å². The molecule has 0 aliphatic carbocycles. The molecule has 0 unspecified atom stereocenters. The van der Waals surface area contributed by atoms with Crippen molar-refractivity contribution >= 4 is 41.3 Å². The predicted molar refractivity (Wildman–Crippen MR) is 77.1 cm³/mol. The first-order valence-electron chi connectivity index (χ1n) is 5.25. The number of nitro benzene ring substituents is 1. The maximum absolute atomic E-state index is 10.5. The highest BCUT2D eigenvalue weighted by Crippen LogP contribution is 2.13. The van der Waals surface area contributed by atoms with E-state index in [1.807, 2.05) is 0 Å². The van der Waals surface area contributed by atoms with Crippen LogP contribution in [0.25, 0.3) is 0 Å². The van der Waals surface area contributed by atoms with Gasteiger partial charge in [0.2, 0.25) is 0 Å². The fourth-order valence-electron chi connectivity index (χ4n) is 1.49. The summed E-state index contributed by atoms with van der Waals surface area (Å²) in [5, 5.41) is 10.5. The summed E-state index contributed by atoms with van der Waals surface area (Å²) in [7, 11) is 0. The third-order valence-corrected chi connectivity index (χ3v) is 2.69. The Balaban J connectivity index is 0.00000289. The number of alkyl halides is 2. The first-order valence-corrected chi connectivity index (χ1v) is 6.32.